The van der Waals surface area contributed by atoms with Gasteiger partial charge in [0.2, 0.25) is 10.0 Å². The van der Waals surface area contributed by atoms with E-state index >= 15 is 0 Å². The molecule has 0 amide bonds. The Bertz CT molecular complexity index is 685. The van der Waals surface area contributed by atoms with Crippen LogP contribution in [-0.4, -0.2) is 38.8 Å². The van der Waals surface area contributed by atoms with Gasteiger partial charge in [-0.15, -0.1) is 0 Å². The summed E-state index contributed by atoms with van der Waals surface area (Å²) < 4.78 is 31.7. The van der Waals surface area contributed by atoms with Gasteiger partial charge in [0.25, 0.3) is 0 Å². The quantitative estimate of drug-likeness (QED) is 0.834. The predicted molar refractivity (Wildman–Crippen MR) is 70.6 cm³/mol. The minimum Gasteiger partial charge on any atom is -0.494 e. The number of nitrogens with zero attached hydrogens (tertiary/aromatic N) is 1. The third-order valence-corrected chi connectivity index (χ3v) is 4.13. The second-order valence-corrected chi connectivity index (χ2v) is 5.52. The van der Waals surface area contributed by atoms with Gasteiger partial charge in [-0.05, 0) is 24.3 Å². The summed E-state index contributed by atoms with van der Waals surface area (Å²) in [4.78, 5) is 4.26. The molecule has 102 valence electrons. The predicted octanol–water partition coefficient (Wildman–Crippen LogP) is 0.514. The minimum atomic E-state index is -3.68. The number of ether oxygens (including phenoxy) is 1. The third-order valence-electron chi connectivity index (χ3n) is 2.61. The smallest absolute Gasteiger partial charge is 0.241 e. The van der Waals surface area contributed by atoms with Crippen LogP contribution in [0.1, 0.15) is 0 Å². The first-order chi connectivity index (χ1) is 9.10. The van der Waals surface area contributed by atoms with Crippen molar-refractivity contribution in [2.75, 3.05) is 20.3 Å². The second-order valence-electron chi connectivity index (χ2n) is 3.79. The second kappa shape index (κ2) is 5.52. The summed E-state index contributed by atoms with van der Waals surface area (Å²) in [6.45, 7) is -0.290. The van der Waals surface area contributed by atoms with E-state index in [0.717, 1.165) is 0 Å². The molecule has 7 heteroatoms. The maximum absolute atomic E-state index is 12.1. The first-order valence-corrected chi connectivity index (χ1v) is 7.10. The van der Waals surface area contributed by atoms with Crippen molar-refractivity contribution in [3.8, 4) is 5.75 Å². The summed E-state index contributed by atoms with van der Waals surface area (Å²) in [5.41, 5.74) is 0.483. The number of aliphatic hydroxyl groups excluding tert-OH is 1. The van der Waals surface area contributed by atoms with Crippen LogP contribution >= 0.6 is 0 Å². The van der Waals surface area contributed by atoms with Gasteiger partial charge >= 0.3 is 0 Å². The van der Waals surface area contributed by atoms with Crippen molar-refractivity contribution in [2.24, 2.45) is 0 Å². The fourth-order valence-electron chi connectivity index (χ4n) is 1.78. The highest BCUT2D eigenvalue weighted by molar-refractivity contribution is 7.89. The van der Waals surface area contributed by atoms with E-state index in [1.807, 2.05) is 0 Å². The minimum absolute atomic E-state index is 0.0316. The zero-order valence-electron chi connectivity index (χ0n) is 10.3. The number of rotatable bonds is 5. The maximum atomic E-state index is 12.1. The monoisotopic (exact) mass is 282 g/mol. The Balaban J connectivity index is 2.63. The zero-order valence-corrected chi connectivity index (χ0v) is 11.1. The lowest BCUT2D eigenvalue weighted by Gasteiger charge is -2.10. The molecule has 0 atom stereocenters. The Labute approximate surface area is 111 Å². The molecular weight excluding hydrogens is 268 g/mol. The topological polar surface area (TPSA) is 88.5 Å². The van der Waals surface area contributed by atoms with Crippen LogP contribution < -0.4 is 9.46 Å². The molecule has 1 aromatic heterocycles. The van der Waals surface area contributed by atoms with Crippen molar-refractivity contribution in [3.63, 3.8) is 0 Å². The van der Waals surface area contributed by atoms with Crippen LogP contribution in [0.15, 0.2) is 35.4 Å². The third kappa shape index (κ3) is 2.67. The molecule has 6 nitrogen and oxygen atoms in total. The summed E-state index contributed by atoms with van der Waals surface area (Å²) >= 11 is 0. The first kappa shape index (κ1) is 13.7. The summed E-state index contributed by atoms with van der Waals surface area (Å²) in [7, 11) is -2.18. The molecule has 0 unspecified atom stereocenters. The molecule has 0 aliphatic carbocycles. The normalized spacial score (nSPS) is 11.7. The van der Waals surface area contributed by atoms with Crippen LogP contribution in [0, 0.1) is 0 Å². The average molecular weight is 282 g/mol. The number of hydrogen-bond donors (Lipinski definition) is 2. The van der Waals surface area contributed by atoms with Crippen LogP contribution in [0.4, 0.5) is 0 Å². The highest BCUT2D eigenvalue weighted by Gasteiger charge is 2.18. The van der Waals surface area contributed by atoms with Crippen LogP contribution in [-0.2, 0) is 10.0 Å². The van der Waals surface area contributed by atoms with Crippen LogP contribution in [0.3, 0.4) is 0 Å². The van der Waals surface area contributed by atoms with Crippen molar-refractivity contribution < 1.29 is 18.3 Å². The number of hydrogen-bond acceptors (Lipinski definition) is 5. The van der Waals surface area contributed by atoms with E-state index in [4.69, 9.17) is 9.84 Å². The Kier molecular flexibility index (Phi) is 3.98. The SMILES string of the molecule is COc1ccc(S(=O)(=O)NCCO)c2cccnc12. The lowest BCUT2D eigenvalue weighted by atomic mass is 10.2. The lowest BCUT2D eigenvalue weighted by molar-refractivity contribution is 0.301. The van der Waals surface area contributed by atoms with E-state index < -0.39 is 10.0 Å². The van der Waals surface area contributed by atoms with Crippen LogP contribution in [0.5, 0.6) is 5.75 Å². The summed E-state index contributed by atoms with van der Waals surface area (Å²) in [6, 6.07) is 6.34. The Morgan fingerprint density at radius 1 is 1.37 bits per heavy atom. The van der Waals surface area contributed by atoms with E-state index in [1.54, 1.807) is 24.4 Å². The van der Waals surface area contributed by atoms with E-state index in [0.29, 0.717) is 16.7 Å². The van der Waals surface area contributed by atoms with Crippen molar-refractivity contribution in [1.29, 1.82) is 0 Å². The highest BCUT2D eigenvalue weighted by atomic mass is 32.2. The van der Waals surface area contributed by atoms with Gasteiger partial charge in [0, 0.05) is 18.1 Å². The molecule has 0 aliphatic heterocycles. The molecule has 2 N–H and O–H groups in total. The Morgan fingerprint density at radius 2 is 2.16 bits per heavy atom. The molecule has 0 radical (unpaired) electrons. The number of pyridine rings is 1. The van der Waals surface area contributed by atoms with Gasteiger partial charge in [-0.25, -0.2) is 13.1 Å². The molecule has 0 fully saturated rings. The summed E-state index contributed by atoms with van der Waals surface area (Å²) in [5, 5.41) is 9.19. The van der Waals surface area contributed by atoms with Crippen molar-refractivity contribution in [2.45, 2.75) is 4.90 Å². The van der Waals surface area contributed by atoms with Gasteiger partial charge in [-0.3, -0.25) is 4.98 Å². The molecule has 2 rings (SSSR count). The number of sulfonamides is 1. The number of aliphatic hydroxyl groups is 1. The summed E-state index contributed by atoms with van der Waals surface area (Å²) in [6.07, 6.45) is 1.57. The molecule has 1 aromatic carbocycles. The van der Waals surface area contributed by atoms with Crippen molar-refractivity contribution in [1.82, 2.24) is 9.71 Å². The maximum Gasteiger partial charge on any atom is 0.241 e. The number of benzene rings is 1. The van der Waals surface area contributed by atoms with E-state index in [9.17, 15) is 8.42 Å². The molecular formula is C12H14N2O4S. The molecule has 19 heavy (non-hydrogen) atoms. The van der Waals surface area contributed by atoms with E-state index in [2.05, 4.69) is 9.71 Å². The van der Waals surface area contributed by atoms with Gasteiger partial charge in [-0.2, -0.15) is 0 Å². The number of nitrogens with one attached hydrogen (secondary N) is 1. The fourth-order valence-corrected chi connectivity index (χ4v) is 2.99. The molecule has 0 spiro atoms. The molecule has 0 bridgehead atoms. The molecule has 0 saturated carbocycles. The number of aromatic nitrogens is 1. The zero-order chi connectivity index (χ0) is 13.9. The average Bonchev–Trinajstić information content (AvgIpc) is 2.43. The molecule has 1 heterocycles. The van der Waals surface area contributed by atoms with E-state index in [1.165, 1.54) is 13.2 Å². The standard InChI is InChI=1S/C12H14N2O4S/c1-18-10-4-5-11(19(16,17)14-7-8-15)9-3-2-6-13-12(9)10/h2-6,14-15H,7-8H2,1H3. The largest absolute Gasteiger partial charge is 0.494 e. The Hall–Kier alpha value is -1.70. The van der Waals surface area contributed by atoms with Crippen LogP contribution in [0.2, 0.25) is 0 Å². The Morgan fingerprint density at radius 3 is 2.84 bits per heavy atom. The molecule has 0 aliphatic rings. The van der Waals surface area contributed by atoms with Gasteiger partial charge in [0.05, 0.1) is 18.6 Å². The van der Waals surface area contributed by atoms with Gasteiger partial charge < -0.3 is 9.84 Å². The lowest BCUT2D eigenvalue weighted by Crippen LogP contribution is -2.26. The van der Waals surface area contributed by atoms with Gasteiger partial charge in [0.1, 0.15) is 11.3 Å². The van der Waals surface area contributed by atoms with Crippen molar-refractivity contribution >= 4 is 20.9 Å². The first-order valence-electron chi connectivity index (χ1n) is 5.62. The van der Waals surface area contributed by atoms with Crippen LogP contribution in [0.25, 0.3) is 10.9 Å². The van der Waals surface area contributed by atoms with Gasteiger partial charge in [0.15, 0.2) is 0 Å². The summed E-state index contributed by atoms with van der Waals surface area (Å²) in [5.74, 6) is 0.511. The van der Waals surface area contributed by atoms with Crippen molar-refractivity contribution in [3.05, 3.63) is 30.5 Å². The molecule has 0 saturated heterocycles. The number of fused-ring (bicyclic) bond motifs is 1. The highest BCUT2D eigenvalue weighted by Crippen LogP contribution is 2.28. The molecule has 2 aromatic rings. The fraction of sp³-hybridized carbons (Fsp3) is 0.250. The van der Waals surface area contributed by atoms with E-state index in [-0.39, 0.29) is 18.0 Å². The van der Waals surface area contributed by atoms with Gasteiger partial charge in [-0.1, -0.05) is 0 Å². The number of methoxy groups -OCH3 is 1.